The Morgan fingerprint density at radius 3 is 3.04 bits per heavy atom. The maximum atomic E-state index is 12.1. The van der Waals surface area contributed by atoms with Gasteiger partial charge in [0.1, 0.15) is 12.3 Å². The van der Waals surface area contributed by atoms with Crippen LogP contribution >= 0.6 is 0 Å². The van der Waals surface area contributed by atoms with Crippen molar-refractivity contribution >= 4 is 17.6 Å². The molecular weight excluding hydrogens is 298 g/mol. The summed E-state index contributed by atoms with van der Waals surface area (Å²) < 4.78 is 6.93. The number of fused-ring (bicyclic) bond motifs is 1. The highest BCUT2D eigenvalue weighted by molar-refractivity contribution is 5.89. The van der Waals surface area contributed by atoms with Crippen LogP contribution in [0.4, 0.5) is 10.5 Å². The number of hydrogen-bond acceptors (Lipinski definition) is 4. The number of nitrogens with zero attached hydrogens (tertiary/aromatic N) is 2. The van der Waals surface area contributed by atoms with Crippen molar-refractivity contribution in [1.82, 2.24) is 15.1 Å². The van der Waals surface area contributed by atoms with E-state index < -0.39 is 5.91 Å². The predicted molar refractivity (Wildman–Crippen MR) is 82.9 cm³/mol. The molecule has 120 valence electrons. The van der Waals surface area contributed by atoms with Crippen molar-refractivity contribution in [3.05, 3.63) is 42.2 Å². The number of para-hydroxylation sites is 1. The fraction of sp³-hybridized carbons (Fsp3) is 0.267. The SMILES string of the molecule is NC(=O)Cn1cc(NC(=O)N[C@H]2CCOc3ccccc32)cn1. The van der Waals surface area contributed by atoms with E-state index in [1.165, 1.54) is 10.9 Å². The Balaban J connectivity index is 1.62. The van der Waals surface area contributed by atoms with E-state index in [2.05, 4.69) is 15.7 Å². The summed E-state index contributed by atoms with van der Waals surface area (Å²) in [5.74, 6) is 0.293. The number of carbonyl (C=O) groups is 2. The summed E-state index contributed by atoms with van der Waals surface area (Å²) in [4.78, 5) is 23.0. The quantitative estimate of drug-likeness (QED) is 0.782. The fourth-order valence-electron chi connectivity index (χ4n) is 2.49. The Bertz CT molecular complexity index is 727. The number of primary amides is 1. The van der Waals surface area contributed by atoms with E-state index in [0.717, 1.165) is 11.3 Å². The van der Waals surface area contributed by atoms with Gasteiger partial charge in [0.25, 0.3) is 0 Å². The smallest absolute Gasteiger partial charge is 0.319 e. The average molecular weight is 315 g/mol. The number of anilines is 1. The first-order valence-corrected chi connectivity index (χ1v) is 7.22. The van der Waals surface area contributed by atoms with Crippen LogP contribution in [0.15, 0.2) is 36.7 Å². The number of rotatable bonds is 4. The third kappa shape index (κ3) is 3.60. The zero-order chi connectivity index (χ0) is 16.2. The Hall–Kier alpha value is -3.03. The van der Waals surface area contributed by atoms with Gasteiger partial charge < -0.3 is 21.1 Å². The van der Waals surface area contributed by atoms with Crippen molar-refractivity contribution in [3.8, 4) is 5.75 Å². The van der Waals surface area contributed by atoms with Crippen molar-refractivity contribution in [2.24, 2.45) is 5.73 Å². The minimum atomic E-state index is -0.497. The number of carbonyl (C=O) groups excluding carboxylic acids is 2. The van der Waals surface area contributed by atoms with Crippen molar-refractivity contribution in [2.75, 3.05) is 11.9 Å². The van der Waals surface area contributed by atoms with Gasteiger partial charge in [-0.3, -0.25) is 9.48 Å². The van der Waals surface area contributed by atoms with Crippen molar-refractivity contribution in [2.45, 2.75) is 19.0 Å². The molecule has 0 radical (unpaired) electrons. The van der Waals surface area contributed by atoms with Gasteiger partial charge in [0.05, 0.1) is 24.5 Å². The lowest BCUT2D eigenvalue weighted by atomic mass is 10.0. The first-order valence-electron chi connectivity index (χ1n) is 7.22. The number of amides is 3. The van der Waals surface area contributed by atoms with Gasteiger partial charge in [-0.15, -0.1) is 0 Å². The molecule has 8 heteroatoms. The number of benzene rings is 1. The van der Waals surface area contributed by atoms with Crippen LogP contribution in [0.5, 0.6) is 5.75 Å². The standard InChI is InChI=1S/C15H17N5O3/c16-14(21)9-20-8-10(7-17-20)18-15(22)19-12-5-6-23-13-4-2-1-3-11(12)13/h1-4,7-8,12H,5-6,9H2,(H2,16,21)(H2,18,19,22)/t12-/m0/s1. The molecule has 3 amide bonds. The van der Waals surface area contributed by atoms with Crippen LogP contribution < -0.4 is 21.1 Å². The molecule has 0 unspecified atom stereocenters. The number of nitrogens with two attached hydrogens (primary N) is 1. The third-order valence-electron chi connectivity index (χ3n) is 3.47. The minimum Gasteiger partial charge on any atom is -0.493 e. The van der Waals surface area contributed by atoms with Gasteiger partial charge in [-0.05, 0) is 6.07 Å². The van der Waals surface area contributed by atoms with E-state index in [9.17, 15) is 9.59 Å². The third-order valence-corrected chi connectivity index (χ3v) is 3.47. The van der Waals surface area contributed by atoms with Crippen LogP contribution in [0.25, 0.3) is 0 Å². The molecule has 1 atom stereocenters. The maximum Gasteiger partial charge on any atom is 0.319 e. The van der Waals surface area contributed by atoms with Gasteiger partial charge in [0.15, 0.2) is 0 Å². The number of urea groups is 1. The highest BCUT2D eigenvalue weighted by Gasteiger charge is 2.22. The van der Waals surface area contributed by atoms with Crippen molar-refractivity contribution < 1.29 is 14.3 Å². The lowest BCUT2D eigenvalue weighted by molar-refractivity contribution is -0.118. The monoisotopic (exact) mass is 315 g/mol. The van der Waals surface area contributed by atoms with Gasteiger partial charge in [0.2, 0.25) is 5.91 Å². The highest BCUT2D eigenvalue weighted by atomic mass is 16.5. The van der Waals surface area contributed by atoms with Gasteiger partial charge in [0, 0.05) is 18.2 Å². The molecule has 0 aliphatic carbocycles. The van der Waals surface area contributed by atoms with Crippen LogP contribution in [0.2, 0.25) is 0 Å². The Morgan fingerprint density at radius 1 is 1.39 bits per heavy atom. The molecule has 0 saturated heterocycles. The molecular formula is C15H17N5O3. The Kier molecular flexibility index (Phi) is 4.13. The molecule has 2 aromatic rings. The first kappa shape index (κ1) is 14.9. The van der Waals surface area contributed by atoms with Crippen LogP contribution in [0, 0.1) is 0 Å². The second-order valence-electron chi connectivity index (χ2n) is 5.22. The van der Waals surface area contributed by atoms with E-state index in [4.69, 9.17) is 10.5 Å². The van der Waals surface area contributed by atoms with Crippen LogP contribution in [0.3, 0.4) is 0 Å². The largest absolute Gasteiger partial charge is 0.493 e. The molecule has 1 aromatic carbocycles. The maximum absolute atomic E-state index is 12.1. The van der Waals surface area contributed by atoms with Gasteiger partial charge in [-0.25, -0.2) is 4.79 Å². The Labute approximate surface area is 132 Å². The van der Waals surface area contributed by atoms with Gasteiger partial charge in [-0.1, -0.05) is 18.2 Å². The molecule has 0 bridgehead atoms. The van der Waals surface area contributed by atoms with Gasteiger partial charge >= 0.3 is 6.03 Å². The fourth-order valence-corrected chi connectivity index (χ4v) is 2.49. The molecule has 3 rings (SSSR count). The number of ether oxygens (including phenoxy) is 1. The van der Waals surface area contributed by atoms with Crippen LogP contribution in [-0.2, 0) is 11.3 Å². The summed E-state index contributed by atoms with van der Waals surface area (Å²) in [6.07, 6.45) is 3.70. The van der Waals surface area contributed by atoms with Crippen LogP contribution in [-0.4, -0.2) is 28.3 Å². The average Bonchev–Trinajstić information content (AvgIpc) is 2.93. The van der Waals surface area contributed by atoms with Crippen molar-refractivity contribution in [1.29, 1.82) is 0 Å². The van der Waals surface area contributed by atoms with Gasteiger partial charge in [-0.2, -0.15) is 5.10 Å². The summed E-state index contributed by atoms with van der Waals surface area (Å²) in [6, 6.07) is 7.17. The summed E-state index contributed by atoms with van der Waals surface area (Å²) >= 11 is 0. The van der Waals surface area contributed by atoms with E-state index in [1.807, 2.05) is 24.3 Å². The molecule has 0 fully saturated rings. The molecule has 23 heavy (non-hydrogen) atoms. The van der Waals surface area contributed by atoms with E-state index in [0.29, 0.717) is 18.7 Å². The predicted octanol–water partition coefficient (Wildman–Crippen LogP) is 1.01. The molecule has 1 aliphatic rings. The minimum absolute atomic E-state index is 0.0311. The van der Waals surface area contributed by atoms with E-state index >= 15 is 0 Å². The van der Waals surface area contributed by atoms with Crippen molar-refractivity contribution in [3.63, 3.8) is 0 Å². The highest BCUT2D eigenvalue weighted by Crippen LogP contribution is 2.31. The zero-order valence-corrected chi connectivity index (χ0v) is 12.4. The lowest BCUT2D eigenvalue weighted by Crippen LogP contribution is -2.35. The Morgan fingerprint density at radius 2 is 2.22 bits per heavy atom. The van der Waals surface area contributed by atoms with E-state index in [-0.39, 0.29) is 18.6 Å². The summed E-state index contributed by atoms with van der Waals surface area (Å²) in [6.45, 7) is 0.523. The number of hydrogen-bond donors (Lipinski definition) is 3. The molecule has 8 nitrogen and oxygen atoms in total. The number of nitrogens with one attached hydrogen (secondary N) is 2. The second-order valence-corrected chi connectivity index (χ2v) is 5.22. The summed E-state index contributed by atoms with van der Waals surface area (Å²) in [5, 5.41) is 9.55. The first-order chi connectivity index (χ1) is 11.1. The molecule has 4 N–H and O–H groups in total. The molecule has 0 saturated carbocycles. The summed E-state index contributed by atoms with van der Waals surface area (Å²) in [5.41, 5.74) is 6.54. The normalized spacial score (nSPS) is 16.1. The molecule has 1 aromatic heterocycles. The molecule has 2 heterocycles. The van der Waals surface area contributed by atoms with E-state index in [1.54, 1.807) is 6.20 Å². The summed E-state index contributed by atoms with van der Waals surface area (Å²) in [7, 11) is 0. The number of aromatic nitrogens is 2. The second kappa shape index (κ2) is 6.39. The lowest BCUT2D eigenvalue weighted by Gasteiger charge is -2.26. The zero-order valence-electron chi connectivity index (χ0n) is 12.4. The topological polar surface area (TPSA) is 111 Å². The van der Waals surface area contributed by atoms with Crippen LogP contribution in [0.1, 0.15) is 18.0 Å². The molecule has 1 aliphatic heterocycles. The molecule has 0 spiro atoms.